The van der Waals surface area contributed by atoms with Gasteiger partial charge in [0.05, 0.1) is 0 Å². The molecule has 0 aromatic carbocycles. The van der Waals surface area contributed by atoms with Crippen molar-refractivity contribution < 1.29 is 0 Å². The Morgan fingerprint density at radius 1 is 1.67 bits per heavy atom. The fourth-order valence-electron chi connectivity index (χ4n) is 0.622. The van der Waals surface area contributed by atoms with Crippen LogP contribution in [-0.4, -0.2) is 11.7 Å². The van der Waals surface area contributed by atoms with Gasteiger partial charge in [0.15, 0.2) is 0 Å². The maximum absolute atomic E-state index is 5.34. The number of rotatable bonds is 0. The van der Waals surface area contributed by atoms with Crippen LogP contribution in [0.5, 0.6) is 0 Å². The molecule has 3 nitrogen and oxygen atoms in total. The highest BCUT2D eigenvalue weighted by Gasteiger charge is 1.92. The van der Waals surface area contributed by atoms with Gasteiger partial charge in [0, 0.05) is 18.3 Å². The van der Waals surface area contributed by atoms with Gasteiger partial charge in [-0.25, -0.2) is 9.98 Å². The normalized spacial score (nSPS) is 18.3. The monoisotopic (exact) mass is 123 g/mol. The van der Waals surface area contributed by atoms with E-state index in [2.05, 4.69) is 9.98 Å². The minimum Gasteiger partial charge on any atom is -0.368 e. The Hall–Kier alpha value is -1.12. The standard InChI is InChI=1S/C6H9N3/c1-5-3-2-4-8-6(7)9-5/h2,4H,3H2,1H3,(H2,7,8). The molecule has 48 valence electrons. The van der Waals surface area contributed by atoms with E-state index in [0.717, 1.165) is 12.1 Å². The zero-order valence-corrected chi connectivity index (χ0v) is 5.33. The van der Waals surface area contributed by atoms with Gasteiger partial charge in [-0.3, -0.25) is 0 Å². The van der Waals surface area contributed by atoms with Crippen LogP contribution in [0.4, 0.5) is 0 Å². The summed E-state index contributed by atoms with van der Waals surface area (Å²) < 4.78 is 0. The molecule has 1 aliphatic heterocycles. The van der Waals surface area contributed by atoms with Crippen molar-refractivity contribution in [3.63, 3.8) is 0 Å². The molecule has 0 amide bonds. The molecule has 3 heteroatoms. The second-order valence-corrected chi connectivity index (χ2v) is 1.92. The van der Waals surface area contributed by atoms with E-state index in [0.29, 0.717) is 5.96 Å². The molecule has 0 bridgehead atoms. The van der Waals surface area contributed by atoms with Crippen LogP contribution in [0.15, 0.2) is 22.3 Å². The van der Waals surface area contributed by atoms with Crippen molar-refractivity contribution in [3.05, 3.63) is 12.3 Å². The van der Waals surface area contributed by atoms with E-state index < -0.39 is 0 Å². The van der Waals surface area contributed by atoms with Crippen molar-refractivity contribution in [2.75, 3.05) is 0 Å². The van der Waals surface area contributed by atoms with Crippen LogP contribution in [0.1, 0.15) is 13.3 Å². The topological polar surface area (TPSA) is 50.7 Å². The number of aliphatic imine (C=N–C) groups is 2. The Bertz CT molecular complexity index is 188. The Labute approximate surface area is 54.0 Å². The molecule has 9 heavy (non-hydrogen) atoms. The van der Waals surface area contributed by atoms with Crippen LogP contribution in [-0.2, 0) is 0 Å². The van der Waals surface area contributed by atoms with Gasteiger partial charge in [0.2, 0.25) is 5.96 Å². The lowest BCUT2D eigenvalue weighted by Gasteiger charge is -1.89. The summed E-state index contributed by atoms with van der Waals surface area (Å²) in [5.41, 5.74) is 6.34. The van der Waals surface area contributed by atoms with E-state index in [1.165, 1.54) is 0 Å². The molecule has 1 aliphatic rings. The molecule has 0 aromatic rings. The molecule has 2 N–H and O–H groups in total. The van der Waals surface area contributed by atoms with E-state index in [1.54, 1.807) is 6.20 Å². The van der Waals surface area contributed by atoms with E-state index in [1.807, 2.05) is 13.0 Å². The van der Waals surface area contributed by atoms with Crippen molar-refractivity contribution in [2.24, 2.45) is 15.7 Å². The maximum atomic E-state index is 5.34. The van der Waals surface area contributed by atoms with Crippen LogP contribution >= 0.6 is 0 Å². The first kappa shape index (κ1) is 6.01. The number of hydrogen-bond donors (Lipinski definition) is 1. The maximum Gasteiger partial charge on any atom is 0.219 e. The summed E-state index contributed by atoms with van der Waals surface area (Å²) in [6.07, 6.45) is 4.46. The fourth-order valence-corrected chi connectivity index (χ4v) is 0.622. The van der Waals surface area contributed by atoms with Gasteiger partial charge >= 0.3 is 0 Å². The third kappa shape index (κ3) is 1.68. The van der Waals surface area contributed by atoms with Gasteiger partial charge in [-0.05, 0) is 6.92 Å². The molecule has 0 atom stereocenters. The Balaban J connectivity index is 2.82. The van der Waals surface area contributed by atoms with Crippen LogP contribution < -0.4 is 5.73 Å². The fraction of sp³-hybridized carbons (Fsp3) is 0.333. The largest absolute Gasteiger partial charge is 0.368 e. The first-order valence-electron chi connectivity index (χ1n) is 2.81. The molecular weight excluding hydrogens is 114 g/mol. The molecule has 0 aromatic heterocycles. The van der Waals surface area contributed by atoms with Crippen LogP contribution in [0, 0.1) is 0 Å². The lowest BCUT2D eigenvalue weighted by molar-refractivity contribution is 1.42. The highest BCUT2D eigenvalue weighted by atomic mass is 15.0. The summed E-state index contributed by atoms with van der Waals surface area (Å²) in [5.74, 6) is 0.348. The summed E-state index contributed by atoms with van der Waals surface area (Å²) in [5, 5.41) is 0. The van der Waals surface area contributed by atoms with Gasteiger partial charge < -0.3 is 5.73 Å². The molecule has 0 unspecified atom stereocenters. The van der Waals surface area contributed by atoms with E-state index >= 15 is 0 Å². The Morgan fingerprint density at radius 3 is 3.22 bits per heavy atom. The molecule has 0 aliphatic carbocycles. The smallest absolute Gasteiger partial charge is 0.219 e. The Kier molecular flexibility index (Phi) is 1.63. The zero-order chi connectivity index (χ0) is 6.69. The minimum atomic E-state index is 0.348. The van der Waals surface area contributed by atoms with Crippen molar-refractivity contribution in [1.82, 2.24) is 0 Å². The predicted octanol–water partition coefficient (Wildman–Crippen LogP) is 0.679. The highest BCUT2D eigenvalue weighted by molar-refractivity contribution is 5.96. The molecule has 0 radical (unpaired) electrons. The van der Waals surface area contributed by atoms with Gasteiger partial charge in [-0.1, -0.05) is 6.08 Å². The van der Waals surface area contributed by atoms with Crippen molar-refractivity contribution >= 4 is 11.7 Å². The van der Waals surface area contributed by atoms with Crippen LogP contribution in [0.25, 0.3) is 0 Å². The molecular formula is C6H9N3. The molecule has 0 fully saturated rings. The lowest BCUT2D eigenvalue weighted by atomic mass is 10.3. The summed E-state index contributed by atoms with van der Waals surface area (Å²) in [4.78, 5) is 7.76. The van der Waals surface area contributed by atoms with Crippen molar-refractivity contribution in [1.29, 1.82) is 0 Å². The van der Waals surface area contributed by atoms with Crippen LogP contribution in [0.3, 0.4) is 0 Å². The predicted molar refractivity (Wildman–Crippen MR) is 38.5 cm³/mol. The Morgan fingerprint density at radius 2 is 2.44 bits per heavy atom. The molecule has 1 rings (SSSR count). The lowest BCUT2D eigenvalue weighted by Crippen LogP contribution is -2.08. The average Bonchev–Trinajstić information content (AvgIpc) is 1.93. The molecule has 0 spiro atoms. The molecule has 1 heterocycles. The quantitative estimate of drug-likeness (QED) is 0.506. The summed E-state index contributed by atoms with van der Waals surface area (Å²) in [7, 11) is 0. The first-order valence-corrected chi connectivity index (χ1v) is 2.81. The summed E-state index contributed by atoms with van der Waals surface area (Å²) >= 11 is 0. The van der Waals surface area contributed by atoms with Gasteiger partial charge in [-0.2, -0.15) is 0 Å². The minimum absolute atomic E-state index is 0.348. The zero-order valence-electron chi connectivity index (χ0n) is 5.33. The van der Waals surface area contributed by atoms with E-state index in [9.17, 15) is 0 Å². The second kappa shape index (κ2) is 2.44. The van der Waals surface area contributed by atoms with Gasteiger partial charge in [0.25, 0.3) is 0 Å². The van der Waals surface area contributed by atoms with Gasteiger partial charge in [-0.15, -0.1) is 0 Å². The van der Waals surface area contributed by atoms with Crippen LogP contribution in [0.2, 0.25) is 0 Å². The first-order chi connectivity index (χ1) is 4.29. The second-order valence-electron chi connectivity index (χ2n) is 1.92. The summed E-state index contributed by atoms with van der Waals surface area (Å²) in [6.45, 7) is 1.93. The number of allylic oxidation sites excluding steroid dienone is 1. The third-order valence-electron chi connectivity index (χ3n) is 1.03. The number of guanidine groups is 1. The highest BCUT2D eigenvalue weighted by Crippen LogP contribution is 1.93. The number of nitrogens with two attached hydrogens (primary N) is 1. The molecule has 0 saturated carbocycles. The van der Waals surface area contributed by atoms with Crippen molar-refractivity contribution in [3.8, 4) is 0 Å². The van der Waals surface area contributed by atoms with Crippen molar-refractivity contribution in [2.45, 2.75) is 13.3 Å². The van der Waals surface area contributed by atoms with Gasteiger partial charge in [0.1, 0.15) is 0 Å². The third-order valence-corrected chi connectivity index (χ3v) is 1.03. The number of hydrogen-bond acceptors (Lipinski definition) is 3. The summed E-state index contributed by atoms with van der Waals surface area (Å²) in [6, 6.07) is 0. The average molecular weight is 123 g/mol. The van der Waals surface area contributed by atoms with E-state index in [-0.39, 0.29) is 0 Å². The molecule has 0 saturated heterocycles. The SMILES string of the molecule is CC1=NC(N)=NC=CC1. The van der Waals surface area contributed by atoms with E-state index in [4.69, 9.17) is 5.73 Å². The number of nitrogens with zero attached hydrogens (tertiary/aromatic N) is 2.